The molecule has 1 fully saturated rings. The van der Waals surface area contributed by atoms with E-state index in [2.05, 4.69) is 15.5 Å². The maximum atomic E-state index is 14.0. The normalized spacial score (nSPS) is 19.1. The number of nitrogens with zero attached hydrogens (tertiary/aromatic N) is 2. The number of halogens is 1. The van der Waals surface area contributed by atoms with Crippen LogP contribution in [0.25, 0.3) is 0 Å². The van der Waals surface area contributed by atoms with Gasteiger partial charge in [-0.2, -0.15) is 5.10 Å². The Kier molecular flexibility index (Phi) is 6.65. The summed E-state index contributed by atoms with van der Waals surface area (Å²) >= 11 is 1.00. The molecule has 7 nitrogen and oxygen atoms in total. The highest BCUT2D eigenvalue weighted by molar-refractivity contribution is 8.15. The van der Waals surface area contributed by atoms with E-state index in [0.29, 0.717) is 11.1 Å². The average Bonchev–Trinajstić information content (AvgIpc) is 2.85. The molecular formula is C16H18FN3O4S. The molecule has 1 aromatic carbocycles. The number of benzene rings is 1. The minimum Gasteiger partial charge on any atom is -0.481 e. The zero-order valence-electron chi connectivity index (χ0n) is 13.7. The van der Waals surface area contributed by atoms with Crippen LogP contribution in [-0.4, -0.2) is 39.7 Å². The molecule has 1 unspecified atom stereocenters. The van der Waals surface area contributed by atoms with Gasteiger partial charge in [-0.15, -0.1) is 5.10 Å². The molecule has 1 heterocycles. The van der Waals surface area contributed by atoms with Crippen LogP contribution in [0, 0.1) is 5.82 Å². The van der Waals surface area contributed by atoms with Crippen LogP contribution in [0.2, 0.25) is 0 Å². The summed E-state index contributed by atoms with van der Waals surface area (Å²) in [4.78, 5) is 22.2. The summed E-state index contributed by atoms with van der Waals surface area (Å²) in [7, 11) is 0. The molecule has 9 heteroatoms. The largest absolute Gasteiger partial charge is 0.481 e. The van der Waals surface area contributed by atoms with Crippen molar-refractivity contribution in [3.8, 4) is 0 Å². The number of aliphatic carboxylic acids is 1. The number of nitrogens with one attached hydrogen (secondary N) is 1. The quantitative estimate of drug-likeness (QED) is 0.568. The SMILES string of the molecule is CC(C)OCc1ccc(C=NN=C2NC(=O)C(CC(=O)O)S2)cc1F. The summed E-state index contributed by atoms with van der Waals surface area (Å²) in [5, 5.41) is 18.3. The first-order valence-electron chi connectivity index (χ1n) is 7.55. The Bertz CT molecular complexity index is 721. The van der Waals surface area contributed by atoms with Gasteiger partial charge < -0.3 is 15.2 Å². The number of amides is 1. The maximum Gasteiger partial charge on any atom is 0.305 e. The number of amidine groups is 1. The van der Waals surface area contributed by atoms with Gasteiger partial charge in [-0.25, -0.2) is 4.39 Å². The monoisotopic (exact) mass is 367 g/mol. The number of carbonyl (C=O) groups excluding carboxylic acids is 1. The van der Waals surface area contributed by atoms with Crippen molar-refractivity contribution in [2.24, 2.45) is 10.2 Å². The van der Waals surface area contributed by atoms with Crippen molar-refractivity contribution in [2.75, 3.05) is 0 Å². The van der Waals surface area contributed by atoms with Gasteiger partial charge in [0.05, 0.1) is 25.3 Å². The van der Waals surface area contributed by atoms with Crippen LogP contribution in [0.15, 0.2) is 28.4 Å². The molecule has 2 N–H and O–H groups in total. The predicted octanol–water partition coefficient (Wildman–Crippen LogP) is 2.15. The van der Waals surface area contributed by atoms with Crippen LogP contribution in [0.1, 0.15) is 31.4 Å². The van der Waals surface area contributed by atoms with Gasteiger partial charge in [-0.3, -0.25) is 9.59 Å². The molecular weight excluding hydrogens is 349 g/mol. The highest BCUT2D eigenvalue weighted by atomic mass is 32.2. The third-order valence-electron chi connectivity index (χ3n) is 3.14. The van der Waals surface area contributed by atoms with Gasteiger partial charge in [-0.1, -0.05) is 23.9 Å². The van der Waals surface area contributed by atoms with Crippen LogP contribution in [0.3, 0.4) is 0 Å². The van der Waals surface area contributed by atoms with Gasteiger partial charge in [0, 0.05) is 5.56 Å². The third-order valence-corrected chi connectivity index (χ3v) is 4.21. The second-order valence-corrected chi connectivity index (χ2v) is 6.75. The fraction of sp³-hybridized carbons (Fsp3) is 0.375. The minimum atomic E-state index is -1.06. The first kappa shape index (κ1) is 19.1. The Morgan fingerprint density at radius 1 is 1.52 bits per heavy atom. The second-order valence-electron chi connectivity index (χ2n) is 5.55. The number of carboxylic acids is 1. The zero-order valence-corrected chi connectivity index (χ0v) is 14.5. The van der Waals surface area contributed by atoms with Gasteiger partial charge in [0.2, 0.25) is 5.91 Å². The Morgan fingerprint density at radius 3 is 2.92 bits per heavy atom. The fourth-order valence-electron chi connectivity index (χ4n) is 1.91. The van der Waals surface area contributed by atoms with E-state index in [9.17, 15) is 14.0 Å². The molecule has 1 saturated heterocycles. The molecule has 0 aromatic heterocycles. The van der Waals surface area contributed by atoms with E-state index in [1.54, 1.807) is 12.1 Å². The number of hydrogen-bond acceptors (Lipinski definition) is 6. The van der Waals surface area contributed by atoms with Crippen LogP contribution in [0.4, 0.5) is 4.39 Å². The zero-order chi connectivity index (χ0) is 18.4. The maximum absolute atomic E-state index is 14.0. The minimum absolute atomic E-state index is 0.0144. The Morgan fingerprint density at radius 2 is 2.28 bits per heavy atom. The molecule has 1 aliphatic rings. The molecule has 25 heavy (non-hydrogen) atoms. The summed E-state index contributed by atoms with van der Waals surface area (Å²) in [5.74, 6) is -1.88. The molecule has 1 aliphatic heterocycles. The topological polar surface area (TPSA) is 100 Å². The number of hydrogen-bond donors (Lipinski definition) is 2. The molecule has 1 atom stereocenters. The van der Waals surface area contributed by atoms with Crippen molar-refractivity contribution in [3.05, 3.63) is 35.1 Å². The van der Waals surface area contributed by atoms with E-state index in [0.717, 1.165) is 11.8 Å². The lowest BCUT2D eigenvalue weighted by atomic mass is 10.1. The van der Waals surface area contributed by atoms with E-state index in [-0.39, 0.29) is 24.3 Å². The van der Waals surface area contributed by atoms with Crippen LogP contribution >= 0.6 is 11.8 Å². The molecule has 134 valence electrons. The molecule has 1 amide bonds. The van der Waals surface area contributed by atoms with Gasteiger partial charge in [0.15, 0.2) is 5.17 Å². The lowest BCUT2D eigenvalue weighted by Gasteiger charge is -2.08. The molecule has 0 spiro atoms. The summed E-state index contributed by atoms with van der Waals surface area (Å²) in [6, 6.07) is 4.61. The van der Waals surface area contributed by atoms with Crippen molar-refractivity contribution in [2.45, 2.75) is 38.2 Å². The second kappa shape index (κ2) is 8.72. The highest BCUT2D eigenvalue weighted by Crippen LogP contribution is 2.22. The average molecular weight is 367 g/mol. The van der Waals surface area contributed by atoms with Crippen molar-refractivity contribution >= 4 is 35.0 Å². The van der Waals surface area contributed by atoms with E-state index in [4.69, 9.17) is 9.84 Å². The number of rotatable bonds is 7. The van der Waals surface area contributed by atoms with Gasteiger partial charge in [0.25, 0.3) is 0 Å². The van der Waals surface area contributed by atoms with Gasteiger partial charge in [-0.05, 0) is 25.5 Å². The van der Waals surface area contributed by atoms with E-state index in [1.165, 1.54) is 12.3 Å². The lowest BCUT2D eigenvalue weighted by molar-refractivity contribution is -0.138. The van der Waals surface area contributed by atoms with Crippen molar-refractivity contribution in [1.29, 1.82) is 0 Å². The molecule has 1 aromatic rings. The molecule has 2 rings (SSSR count). The number of carbonyl (C=O) groups is 2. The predicted molar refractivity (Wildman–Crippen MR) is 93.1 cm³/mol. The van der Waals surface area contributed by atoms with Gasteiger partial charge in [0.1, 0.15) is 11.1 Å². The highest BCUT2D eigenvalue weighted by Gasteiger charge is 2.32. The van der Waals surface area contributed by atoms with Crippen molar-refractivity contribution in [3.63, 3.8) is 0 Å². The Hall–Kier alpha value is -2.26. The van der Waals surface area contributed by atoms with Crippen molar-refractivity contribution in [1.82, 2.24) is 5.32 Å². The lowest BCUT2D eigenvalue weighted by Crippen LogP contribution is -2.26. The molecule has 0 saturated carbocycles. The standard InChI is InChI=1S/C16H18FN3O4S/c1-9(2)24-8-11-4-3-10(5-12(11)17)7-18-20-16-19-15(23)13(25-16)6-14(21)22/h3-5,7,9,13H,6,8H2,1-2H3,(H,21,22)(H,19,20,23). The first-order valence-corrected chi connectivity index (χ1v) is 8.43. The summed E-state index contributed by atoms with van der Waals surface area (Å²) in [6.07, 6.45) is 1.07. The van der Waals surface area contributed by atoms with E-state index < -0.39 is 22.9 Å². The third kappa shape index (κ3) is 5.95. The Labute approximate surface area is 148 Å². The van der Waals surface area contributed by atoms with Crippen LogP contribution in [-0.2, 0) is 20.9 Å². The Balaban J connectivity index is 1.97. The van der Waals surface area contributed by atoms with Gasteiger partial charge >= 0.3 is 5.97 Å². The fourth-order valence-corrected chi connectivity index (χ4v) is 2.83. The molecule has 0 aliphatic carbocycles. The summed E-state index contributed by atoms with van der Waals surface area (Å²) < 4.78 is 19.3. The van der Waals surface area contributed by atoms with Crippen LogP contribution in [0.5, 0.6) is 0 Å². The summed E-state index contributed by atoms with van der Waals surface area (Å²) in [6.45, 7) is 3.94. The van der Waals surface area contributed by atoms with E-state index in [1.807, 2.05) is 13.8 Å². The van der Waals surface area contributed by atoms with E-state index >= 15 is 0 Å². The summed E-state index contributed by atoms with van der Waals surface area (Å²) in [5.41, 5.74) is 0.957. The van der Waals surface area contributed by atoms with Crippen LogP contribution < -0.4 is 5.32 Å². The molecule has 0 radical (unpaired) electrons. The smallest absolute Gasteiger partial charge is 0.305 e. The molecule has 0 bridgehead atoms. The number of thioether (sulfide) groups is 1. The first-order chi connectivity index (χ1) is 11.8. The van der Waals surface area contributed by atoms with Crippen molar-refractivity contribution < 1.29 is 23.8 Å². The number of ether oxygens (including phenoxy) is 1. The number of carboxylic acid groups (broad SMARTS) is 1.